The van der Waals surface area contributed by atoms with E-state index < -0.39 is 11.6 Å². The number of para-hydroxylation sites is 1. The maximum atomic E-state index is 13.9. The molecule has 96 valence electrons. The van der Waals surface area contributed by atoms with Crippen molar-refractivity contribution in [1.82, 2.24) is 0 Å². The van der Waals surface area contributed by atoms with Gasteiger partial charge in [0.15, 0.2) is 5.82 Å². The first-order chi connectivity index (χ1) is 9.04. The maximum Gasteiger partial charge on any atom is 0.152 e. The van der Waals surface area contributed by atoms with Gasteiger partial charge < -0.3 is 5.32 Å². The molecule has 0 amide bonds. The molecule has 0 unspecified atom stereocenters. The molecule has 2 aromatic carbocycles. The summed E-state index contributed by atoms with van der Waals surface area (Å²) in [5.74, 6) is -1.33. The van der Waals surface area contributed by atoms with Gasteiger partial charge >= 0.3 is 0 Å². The molecule has 0 aliphatic carbocycles. The second kappa shape index (κ2) is 5.07. The van der Waals surface area contributed by atoms with Crippen LogP contribution in [0, 0.1) is 36.8 Å². The quantitative estimate of drug-likeness (QED) is 0.876. The number of nitrogens with zero attached hydrogens (tertiary/aromatic N) is 1. The molecule has 0 aliphatic heterocycles. The van der Waals surface area contributed by atoms with E-state index in [0.29, 0.717) is 16.8 Å². The number of halogens is 2. The van der Waals surface area contributed by atoms with Crippen molar-refractivity contribution in [3.05, 3.63) is 58.7 Å². The molecule has 0 saturated carbocycles. The first kappa shape index (κ1) is 13.0. The molecule has 2 nitrogen and oxygen atoms in total. The number of anilines is 2. The number of rotatable bonds is 2. The number of aryl methyl sites for hydroxylation is 2. The lowest BCUT2D eigenvalue weighted by Crippen LogP contribution is -2.02. The molecule has 2 rings (SSSR count). The Bertz CT molecular complexity index is 673. The summed E-state index contributed by atoms with van der Waals surface area (Å²) in [7, 11) is 0. The van der Waals surface area contributed by atoms with E-state index in [1.54, 1.807) is 32.0 Å². The van der Waals surface area contributed by atoms with Crippen LogP contribution in [0.25, 0.3) is 0 Å². The smallest absolute Gasteiger partial charge is 0.152 e. The molecule has 4 heteroatoms. The van der Waals surface area contributed by atoms with Crippen LogP contribution in [0.15, 0.2) is 30.3 Å². The summed E-state index contributed by atoms with van der Waals surface area (Å²) in [6.45, 7) is 3.33. The lowest BCUT2D eigenvalue weighted by molar-refractivity contribution is 0.585. The summed E-state index contributed by atoms with van der Waals surface area (Å²) < 4.78 is 27.6. The predicted octanol–water partition coefficient (Wildman–Crippen LogP) is 4.20. The van der Waals surface area contributed by atoms with Crippen LogP contribution in [-0.4, -0.2) is 0 Å². The molecule has 0 radical (unpaired) electrons. The average Bonchev–Trinajstić information content (AvgIpc) is 2.40. The Kier molecular flexibility index (Phi) is 3.48. The molecule has 0 bridgehead atoms. The Balaban J connectivity index is 2.54. The maximum absolute atomic E-state index is 13.9. The van der Waals surface area contributed by atoms with E-state index in [0.717, 1.165) is 5.56 Å². The predicted molar refractivity (Wildman–Crippen MR) is 70.3 cm³/mol. The molecule has 19 heavy (non-hydrogen) atoms. The Morgan fingerprint density at radius 2 is 1.74 bits per heavy atom. The third-order valence-corrected chi connectivity index (χ3v) is 2.93. The number of nitrogens with one attached hydrogen (secondary N) is 1. The Morgan fingerprint density at radius 1 is 1.00 bits per heavy atom. The first-order valence-corrected chi connectivity index (χ1v) is 5.76. The number of hydrogen-bond acceptors (Lipinski definition) is 2. The molecular formula is C15H12F2N2. The van der Waals surface area contributed by atoms with Gasteiger partial charge in [-0.3, -0.25) is 0 Å². The molecule has 2 aromatic rings. The van der Waals surface area contributed by atoms with E-state index in [1.807, 2.05) is 6.07 Å². The number of hydrogen-bond donors (Lipinski definition) is 1. The molecule has 0 saturated heterocycles. The van der Waals surface area contributed by atoms with E-state index in [2.05, 4.69) is 5.32 Å². The standard InChI is InChI=1S/C15H12F2N2/c1-9-6-7-12(16)15(13(9)17)19-14-10(2)4-3-5-11(14)8-18/h3-7,19H,1-2H3. The minimum absolute atomic E-state index is 0.231. The van der Waals surface area contributed by atoms with Gasteiger partial charge in [-0.05, 0) is 37.1 Å². The third kappa shape index (κ3) is 2.41. The summed E-state index contributed by atoms with van der Waals surface area (Å²) in [5, 5.41) is 11.7. The van der Waals surface area contributed by atoms with Crippen LogP contribution in [0.2, 0.25) is 0 Å². The van der Waals surface area contributed by atoms with Gasteiger partial charge in [-0.25, -0.2) is 8.78 Å². The fourth-order valence-corrected chi connectivity index (χ4v) is 1.82. The van der Waals surface area contributed by atoms with E-state index in [4.69, 9.17) is 5.26 Å². The van der Waals surface area contributed by atoms with Crippen LogP contribution >= 0.6 is 0 Å². The van der Waals surface area contributed by atoms with Crippen molar-refractivity contribution in [3.63, 3.8) is 0 Å². The zero-order valence-corrected chi connectivity index (χ0v) is 10.6. The van der Waals surface area contributed by atoms with Gasteiger partial charge in [-0.1, -0.05) is 18.2 Å². The van der Waals surface area contributed by atoms with Crippen molar-refractivity contribution in [3.8, 4) is 6.07 Å². The van der Waals surface area contributed by atoms with Gasteiger partial charge in [-0.2, -0.15) is 5.26 Å². The van der Waals surface area contributed by atoms with E-state index >= 15 is 0 Å². The van der Waals surface area contributed by atoms with Gasteiger partial charge in [-0.15, -0.1) is 0 Å². The minimum Gasteiger partial charge on any atom is -0.349 e. The Labute approximate surface area is 110 Å². The first-order valence-electron chi connectivity index (χ1n) is 5.76. The zero-order valence-electron chi connectivity index (χ0n) is 10.6. The van der Waals surface area contributed by atoms with Gasteiger partial charge in [0.2, 0.25) is 0 Å². The molecule has 0 atom stereocenters. The molecule has 0 spiro atoms. The van der Waals surface area contributed by atoms with Gasteiger partial charge in [0.05, 0.1) is 11.3 Å². The average molecular weight is 258 g/mol. The minimum atomic E-state index is -0.685. The largest absolute Gasteiger partial charge is 0.349 e. The lowest BCUT2D eigenvalue weighted by atomic mass is 10.1. The highest BCUT2D eigenvalue weighted by molar-refractivity contribution is 5.70. The van der Waals surface area contributed by atoms with Crippen LogP contribution in [-0.2, 0) is 0 Å². The monoisotopic (exact) mass is 258 g/mol. The highest BCUT2D eigenvalue weighted by Gasteiger charge is 2.14. The number of benzene rings is 2. The third-order valence-electron chi connectivity index (χ3n) is 2.93. The fourth-order valence-electron chi connectivity index (χ4n) is 1.82. The second-order valence-corrected chi connectivity index (χ2v) is 4.29. The normalized spacial score (nSPS) is 10.1. The van der Waals surface area contributed by atoms with Crippen molar-refractivity contribution in [1.29, 1.82) is 5.26 Å². The van der Waals surface area contributed by atoms with Crippen LogP contribution in [0.3, 0.4) is 0 Å². The summed E-state index contributed by atoms with van der Waals surface area (Å²) in [5.41, 5.74) is 1.63. The van der Waals surface area contributed by atoms with E-state index in [1.165, 1.54) is 12.1 Å². The molecule has 1 N–H and O–H groups in total. The lowest BCUT2D eigenvalue weighted by Gasteiger charge is -2.13. The van der Waals surface area contributed by atoms with Gasteiger partial charge in [0.1, 0.15) is 17.6 Å². The van der Waals surface area contributed by atoms with Crippen LogP contribution in [0.1, 0.15) is 16.7 Å². The van der Waals surface area contributed by atoms with Crippen molar-refractivity contribution >= 4 is 11.4 Å². The van der Waals surface area contributed by atoms with E-state index in [9.17, 15) is 8.78 Å². The highest BCUT2D eigenvalue weighted by Crippen LogP contribution is 2.29. The molecule has 0 aliphatic rings. The van der Waals surface area contributed by atoms with Crippen molar-refractivity contribution in [2.24, 2.45) is 0 Å². The zero-order chi connectivity index (χ0) is 14.0. The van der Waals surface area contributed by atoms with Gasteiger partial charge in [0.25, 0.3) is 0 Å². The van der Waals surface area contributed by atoms with Crippen LogP contribution in [0.4, 0.5) is 20.2 Å². The van der Waals surface area contributed by atoms with Crippen molar-refractivity contribution in [2.45, 2.75) is 13.8 Å². The van der Waals surface area contributed by atoms with Crippen LogP contribution in [0.5, 0.6) is 0 Å². The Morgan fingerprint density at radius 3 is 2.42 bits per heavy atom. The Hall–Kier alpha value is -2.41. The number of nitriles is 1. The van der Waals surface area contributed by atoms with Crippen LogP contribution < -0.4 is 5.32 Å². The molecular weight excluding hydrogens is 246 g/mol. The summed E-state index contributed by atoms with van der Waals surface area (Å²) in [6.07, 6.45) is 0. The van der Waals surface area contributed by atoms with Crippen molar-refractivity contribution < 1.29 is 8.78 Å². The van der Waals surface area contributed by atoms with Gasteiger partial charge in [0, 0.05) is 0 Å². The van der Waals surface area contributed by atoms with Crippen molar-refractivity contribution in [2.75, 3.05) is 5.32 Å². The summed E-state index contributed by atoms with van der Waals surface area (Å²) >= 11 is 0. The summed E-state index contributed by atoms with van der Waals surface area (Å²) in [4.78, 5) is 0. The topological polar surface area (TPSA) is 35.8 Å². The van der Waals surface area contributed by atoms with E-state index in [-0.39, 0.29) is 5.69 Å². The molecule has 0 fully saturated rings. The molecule has 0 aromatic heterocycles. The molecule has 0 heterocycles. The highest BCUT2D eigenvalue weighted by atomic mass is 19.1. The second-order valence-electron chi connectivity index (χ2n) is 4.29. The fraction of sp³-hybridized carbons (Fsp3) is 0.133. The summed E-state index contributed by atoms with van der Waals surface area (Å²) in [6, 6.07) is 9.67. The SMILES string of the molecule is Cc1ccc(F)c(Nc2c(C)cccc2C#N)c1F.